The molecule has 0 spiro atoms. The van der Waals surface area contributed by atoms with Gasteiger partial charge in [-0.1, -0.05) is 6.42 Å². The van der Waals surface area contributed by atoms with E-state index in [2.05, 4.69) is 10.4 Å². The molecule has 15 heavy (non-hydrogen) atoms. The van der Waals surface area contributed by atoms with Gasteiger partial charge < -0.3 is 10.4 Å². The fraction of sp³-hybridized carbons (Fsp3) is 0.727. The molecule has 1 fully saturated rings. The first-order valence-corrected chi connectivity index (χ1v) is 5.75. The van der Waals surface area contributed by atoms with Gasteiger partial charge in [0.15, 0.2) is 0 Å². The van der Waals surface area contributed by atoms with E-state index >= 15 is 0 Å². The van der Waals surface area contributed by atoms with E-state index in [1.54, 1.807) is 6.20 Å². The average Bonchev–Trinajstić information content (AvgIpc) is 2.78. The summed E-state index contributed by atoms with van der Waals surface area (Å²) in [6, 6.07) is 0.202. The number of aliphatic hydroxyl groups is 1. The molecule has 0 aliphatic carbocycles. The van der Waals surface area contributed by atoms with Crippen LogP contribution in [0, 0.1) is 0 Å². The molecule has 0 saturated carbocycles. The number of hydrogen-bond acceptors (Lipinski definition) is 3. The number of aromatic nitrogens is 2. The SMILES string of the molecule is CCn1cc(C(O)C2CCCCN2)cn1. The molecule has 0 aromatic carbocycles. The number of rotatable bonds is 3. The van der Waals surface area contributed by atoms with Gasteiger partial charge in [-0.3, -0.25) is 4.68 Å². The predicted octanol–water partition coefficient (Wildman–Crippen LogP) is 1.08. The van der Waals surface area contributed by atoms with Gasteiger partial charge in [-0.25, -0.2) is 0 Å². The van der Waals surface area contributed by atoms with Gasteiger partial charge in [0.1, 0.15) is 0 Å². The maximum Gasteiger partial charge on any atom is 0.0973 e. The Balaban J connectivity index is 2.02. The highest BCUT2D eigenvalue weighted by Gasteiger charge is 2.23. The predicted molar refractivity (Wildman–Crippen MR) is 58.5 cm³/mol. The molecule has 0 radical (unpaired) electrons. The Morgan fingerprint density at radius 3 is 3.13 bits per heavy atom. The van der Waals surface area contributed by atoms with Gasteiger partial charge in [0, 0.05) is 24.3 Å². The molecule has 2 atom stereocenters. The van der Waals surface area contributed by atoms with E-state index in [9.17, 15) is 5.11 Å². The van der Waals surface area contributed by atoms with Crippen molar-refractivity contribution in [1.82, 2.24) is 15.1 Å². The van der Waals surface area contributed by atoms with E-state index < -0.39 is 6.10 Å². The summed E-state index contributed by atoms with van der Waals surface area (Å²) in [5.74, 6) is 0. The molecule has 4 nitrogen and oxygen atoms in total. The second kappa shape index (κ2) is 4.77. The first-order chi connectivity index (χ1) is 7.31. The first kappa shape index (κ1) is 10.6. The lowest BCUT2D eigenvalue weighted by molar-refractivity contribution is 0.114. The summed E-state index contributed by atoms with van der Waals surface area (Å²) >= 11 is 0. The van der Waals surface area contributed by atoms with E-state index in [4.69, 9.17) is 0 Å². The minimum atomic E-state index is -0.411. The zero-order valence-electron chi connectivity index (χ0n) is 9.19. The Kier molecular flexibility index (Phi) is 3.38. The first-order valence-electron chi connectivity index (χ1n) is 5.75. The molecule has 0 amide bonds. The lowest BCUT2D eigenvalue weighted by atomic mass is 9.97. The van der Waals surface area contributed by atoms with Crippen molar-refractivity contribution < 1.29 is 5.11 Å². The molecule has 1 aromatic rings. The summed E-state index contributed by atoms with van der Waals surface area (Å²) in [5, 5.41) is 17.7. The summed E-state index contributed by atoms with van der Waals surface area (Å²) in [5.41, 5.74) is 0.927. The van der Waals surface area contributed by atoms with Crippen LogP contribution < -0.4 is 5.32 Å². The highest BCUT2D eigenvalue weighted by Crippen LogP contribution is 2.22. The minimum absolute atomic E-state index is 0.202. The highest BCUT2D eigenvalue weighted by atomic mass is 16.3. The van der Waals surface area contributed by atoms with Crippen LogP contribution >= 0.6 is 0 Å². The van der Waals surface area contributed by atoms with Gasteiger partial charge in [0.2, 0.25) is 0 Å². The zero-order chi connectivity index (χ0) is 10.7. The zero-order valence-corrected chi connectivity index (χ0v) is 9.19. The molecular formula is C11H19N3O. The van der Waals surface area contributed by atoms with E-state index in [1.165, 1.54) is 12.8 Å². The van der Waals surface area contributed by atoms with Crippen molar-refractivity contribution in [3.8, 4) is 0 Å². The van der Waals surface area contributed by atoms with Crippen LogP contribution in [0.4, 0.5) is 0 Å². The Morgan fingerprint density at radius 2 is 2.53 bits per heavy atom. The highest BCUT2D eigenvalue weighted by molar-refractivity contribution is 5.11. The number of nitrogens with one attached hydrogen (secondary N) is 1. The van der Waals surface area contributed by atoms with Crippen LogP contribution in [0.1, 0.15) is 37.9 Å². The molecule has 0 bridgehead atoms. The molecule has 1 aromatic heterocycles. The maximum absolute atomic E-state index is 10.1. The molecule has 1 aliphatic rings. The summed E-state index contributed by atoms with van der Waals surface area (Å²) in [7, 11) is 0. The lowest BCUT2D eigenvalue weighted by Crippen LogP contribution is -2.38. The van der Waals surface area contributed by atoms with Crippen LogP contribution in [-0.4, -0.2) is 27.5 Å². The van der Waals surface area contributed by atoms with Crippen molar-refractivity contribution in [2.75, 3.05) is 6.54 Å². The van der Waals surface area contributed by atoms with Crippen molar-refractivity contribution in [3.05, 3.63) is 18.0 Å². The number of hydrogen-bond donors (Lipinski definition) is 2. The number of piperidine rings is 1. The smallest absolute Gasteiger partial charge is 0.0973 e. The van der Waals surface area contributed by atoms with Crippen molar-refractivity contribution in [1.29, 1.82) is 0 Å². The second-order valence-electron chi connectivity index (χ2n) is 4.13. The summed E-state index contributed by atoms with van der Waals surface area (Å²) < 4.78 is 1.85. The lowest BCUT2D eigenvalue weighted by Gasteiger charge is -2.27. The van der Waals surface area contributed by atoms with Crippen LogP contribution in [-0.2, 0) is 6.54 Å². The molecule has 84 valence electrons. The Morgan fingerprint density at radius 1 is 1.67 bits per heavy atom. The van der Waals surface area contributed by atoms with Gasteiger partial charge >= 0.3 is 0 Å². The van der Waals surface area contributed by atoms with E-state index in [0.29, 0.717) is 0 Å². The fourth-order valence-corrected chi connectivity index (χ4v) is 2.09. The molecule has 2 heterocycles. The van der Waals surface area contributed by atoms with Crippen LogP contribution in [0.25, 0.3) is 0 Å². The normalized spacial score (nSPS) is 24.0. The van der Waals surface area contributed by atoms with Crippen molar-refractivity contribution in [3.63, 3.8) is 0 Å². The largest absolute Gasteiger partial charge is 0.387 e. The third kappa shape index (κ3) is 2.38. The van der Waals surface area contributed by atoms with Crippen molar-refractivity contribution in [2.24, 2.45) is 0 Å². The van der Waals surface area contributed by atoms with Gasteiger partial charge in [-0.05, 0) is 26.3 Å². The molecule has 2 rings (SSSR count). The topological polar surface area (TPSA) is 50.1 Å². The number of aliphatic hydroxyl groups excluding tert-OH is 1. The molecule has 2 N–H and O–H groups in total. The van der Waals surface area contributed by atoms with Gasteiger partial charge in [0.25, 0.3) is 0 Å². The standard InChI is InChI=1S/C11H19N3O/c1-2-14-8-9(7-13-14)11(15)10-5-3-4-6-12-10/h7-8,10-12,15H,2-6H2,1H3. The average molecular weight is 209 g/mol. The second-order valence-corrected chi connectivity index (χ2v) is 4.13. The third-order valence-electron chi connectivity index (χ3n) is 3.05. The summed E-state index contributed by atoms with van der Waals surface area (Å²) in [4.78, 5) is 0. The summed E-state index contributed by atoms with van der Waals surface area (Å²) in [6.07, 6.45) is 6.77. The molecule has 4 heteroatoms. The maximum atomic E-state index is 10.1. The van der Waals surface area contributed by atoms with E-state index in [0.717, 1.165) is 25.1 Å². The Bertz CT molecular complexity index is 305. The van der Waals surface area contributed by atoms with Gasteiger partial charge in [-0.2, -0.15) is 5.10 Å². The summed E-state index contributed by atoms with van der Waals surface area (Å²) in [6.45, 7) is 3.91. The van der Waals surface area contributed by atoms with Crippen LogP contribution in [0.2, 0.25) is 0 Å². The van der Waals surface area contributed by atoms with Crippen LogP contribution in [0.5, 0.6) is 0 Å². The third-order valence-corrected chi connectivity index (χ3v) is 3.05. The van der Waals surface area contributed by atoms with Crippen molar-refractivity contribution in [2.45, 2.75) is 44.9 Å². The number of nitrogens with zero attached hydrogens (tertiary/aromatic N) is 2. The van der Waals surface area contributed by atoms with E-state index in [-0.39, 0.29) is 6.04 Å². The van der Waals surface area contributed by atoms with Gasteiger partial charge in [-0.15, -0.1) is 0 Å². The quantitative estimate of drug-likeness (QED) is 0.783. The van der Waals surface area contributed by atoms with Crippen LogP contribution in [0.3, 0.4) is 0 Å². The minimum Gasteiger partial charge on any atom is -0.387 e. The molecular weight excluding hydrogens is 190 g/mol. The monoisotopic (exact) mass is 209 g/mol. The Labute approximate surface area is 90.3 Å². The molecule has 1 aliphatic heterocycles. The fourth-order valence-electron chi connectivity index (χ4n) is 2.09. The number of aryl methyl sites for hydroxylation is 1. The Hall–Kier alpha value is -0.870. The molecule has 2 unspecified atom stereocenters. The van der Waals surface area contributed by atoms with E-state index in [1.807, 2.05) is 17.8 Å². The van der Waals surface area contributed by atoms with Crippen molar-refractivity contribution >= 4 is 0 Å². The van der Waals surface area contributed by atoms with Crippen LogP contribution in [0.15, 0.2) is 12.4 Å². The molecule has 1 saturated heterocycles. The van der Waals surface area contributed by atoms with Gasteiger partial charge in [0.05, 0.1) is 12.3 Å².